The summed E-state index contributed by atoms with van der Waals surface area (Å²) in [5, 5.41) is 18.8. The third-order valence-corrected chi connectivity index (χ3v) is 3.64. The molecule has 0 aliphatic carbocycles. The Labute approximate surface area is 124 Å². The van der Waals surface area contributed by atoms with Gasteiger partial charge in [0.1, 0.15) is 5.75 Å². The molecule has 0 saturated heterocycles. The van der Waals surface area contributed by atoms with E-state index in [0.717, 1.165) is 11.1 Å². The van der Waals surface area contributed by atoms with E-state index in [1.165, 1.54) is 6.07 Å². The van der Waals surface area contributed by atoms with Gasteiger partial charge in [0.05, 0.1) is 5.56 Å². The predicted molar refractivity (Wildman–Crippen MR) is 82.6 cm³/mol. The van der Waals surface area contributed by atoms with Crippen LogP contribution in [0.4, 0.5) is 0 Å². The zero-order valence-corrected chi connectivity index (χ0v) is 12.4. The van der Waals surface area contributed by atoms with Crippen molar-refractivity contribution in [2.24, 2.45) is 0 Å². The molecule has 2 rings (SSSR count). The van der Waals surface area contributed by atoms with Crippen molar-refractivity contribution in [2.75, 3.05) is 14.1 Å². The SMILES string of the molecule is CC(c1cccc(-c2cc(O)cc(C(=O)O)c2)c1)N(C)C. The molecular formula is C17H19NO3. The lowest BCUT2D eigenvalue weighted by molar-refractivity contribution is 0.0696. The van der Waals surface area contributed by atoms with E-state index in [4.69, 9.17) is 5.11 Å². The van der Waals surface area contributed by atoms with Crippen LogP contribution in [0.3, 0.4) is 0 Å². The van der Waals surface area contributed by atoms with Crippen molar-refractivity contribution in [2.45, 2.75) is 13.0 Å². The van der Waals surface area contributed by atoms with Crippen LogP contribution in [0.5, 0.6) is 5.75 Å². The van der Waals surface area contributed by atoms with Crippen molar-refractivity contribution in [1.29, 1.82) is 0 Å². The fraction of sp³-hybridized carbons (Fsp3) is 0.235. The van der Waals surface area contributed by atoms with Crippen LogP contribution in [-0.2, 0) is 0 Å². The van der Waals surface area contributed by atoms with E-state index in [2.05, 4.69) is 11.8 Å². The first kappa shape index (κ1) is 15.1. The van der Waals surface area contributed by atoms with Gasteiger partial charge >= 0.3 is 5.97 Å². The molecule has 2 aromatic carbocycles. The Balaban J connectivity index is 2.47. The van der Waals surface area contributed by atoms with Crippen LogP contribution in [0.1, 0.15) is 28.9 Å². The highest BCUT2D eigenvalue weighted by Gasteiger charge is 2.11. The van der Waals surface area contributed by atoms with Gasteiger partial charge in [-0.25, -0.2) is 4.79 Å². The van der Waals surface area contributed by atoms with Crippen LogP contribution in [-0.4, -0.2) is 35.2 Å². The molecule has 4 nitrogen and oxygen atoms in total. The zero-order valence-electron chi connectivity index (χ0n) is 12.4. The first-order valence-corrected chi connectivity index (χ1v) is 6.72. The summed E-state index contributed by atoms with van der Waals surface area (Å²) in [4.78, 5) is 13.2. The molecule has 0 radical (unpaired) electrons. The lowest BCUT2D eigenvalue weighted by Crippen LogP contribution is -2.16. The summed E-state index contributed by atoms with van der Waals surface area (Å²) >= 11 is 0. The second-order valence-corrected chi connectivity index (χ2v) is 5.34. The first-order valence-electron chi connectivity index (χ1n) is 6.72. The molecule has 2 N–H and O–H groups in total. The van der Waals surface area contributed by atoms with Crippen LogP contribution in [0.25, 0.3) is 11.1 Å². The smallest absolute Gasteiger partial charge is 0.335 e. The molecule has 0 aliphatic rings. The molecule has 4 heteroatoms. The van der Waals surface area contributed by atoms with E-state index in [1.807, 2.05) is 38.4 Å². The molecule has 0 saturated carbocycles. The summed E-state index contributed by atoms with van der Waals surface area (Å²) in [5.41, 5.74) is 2.80. The largest absolute Gasteiger partial charge is 0.508 e. The molecule has 0 bridgehead atoms. The Morgan fingerprint density at radius 3 is 2.43 bits per heavy atom. The fourth-order valence-corrected chi connectivity index (χ4v) is 2.18. The predicted octanol–water partition coefficient (Wildman–Crippen LogP) is 3.38. The number of benzene rings is 2. The van der Waals surface area contributed by atoms with Gasteiger partial charge in [-0.2, -0.15) is 0 Å². The average molecular weight is 285 g/mol. The molecule has 0 spiro atoms. The highest BCUT2D eigenvalue weighted by Crippen LogP contribution is 2.28. The third kappa shape index (κ3) is 3.41. The van der Waals surface area contributed by atoms with Gasteiger partial charge in [-0.1, -0.05) is 18.2 Å². The Morgan fingerprint density at radius 2 is 1.81 bits per heavy atom. The van der Waals surface area contributed by atoms with Gasteiger partial charge in [-0.3, -0.25) is 0 Å². The second-order valence-electron chi connectivity index (χ2n) is 5.34. The van der Waals surface area contributed by atoms with Gasteiger partial charge in [-0.15, -0.1) is 0 Å². The van der Waals surface area contributed by atoms with Crippen LogP contribution < -0.4 is 0 Å². The minimum absolute atomic E-state index is 0.0454. The number of aromatic carboxylic acids is 1. The molecule has 0 aromatic heterocycles. The Bertz CT molecular complexity index is 665. The van der Waals surface area contributed by atoms with Gasteiger partial charge in [-0.05, 0) is 62.0 Å². The number of phenolic OH excluding ortho intramolecular Hbond substituents is 1. The number of carbonyl (C=O) groups is 1. The topological polar surface area (TPSA) is 60.8 Å². The number of carboxylic acids is 1. The number of carboxylic acid groups (broad SMARTS) is 1. The molecule has 110 valence electrons. The number of phenols is 1. The van der Waals surface area contributed by atoms with Gasteiger partial charge in [0, 0.05) is 6.04 Å². The molecular weight excluding hydrogens is 266 g/mol. The number of rotatable bonds is 4. The van der Waals surface area contributed by atoms with E-state index >= 15 is 0 Å². The lowest BCUT2D eigenvalue weighted by Gasteiger charge is -2.20. The molecule has 0 amide bonds. The summed E-state index contributed by atoms with van der Waals surface area (Å²) in [6.07, 6.45) is 0. The second kappa shape index (κ2) is 5.97. The normalized spacial score (nSPS) is 12.4. The van der Waals surface area contributed by atoms with Gasteiger partial charge in [0.25, 0.3) is 0 Å². The quantitative estimate of drug-likeness (QED) is 0.904. The van der Waals surface area contributed by atoms with Crippen LogP contribution >= 0.6 is 0 Å². The number of aromatic hydroxyl groups is 1. The van der Waals surface area contributed by atoms with Crippen molar-refractivity contribution >= 4 is 5.97 Å². The van der Waals surface area contributed by atoms with Crippen LogP contribution in [0.15, 0.2) is 42.5 Å². The van der Waals surface area contributed by atoms with Gasteiger partial charge in [0.15, 0.2) is 0 Å². The minimum atomic E-state index is -1.05. The molecule has 0 heterocycles. The lowest BCUT2D eigenvalue weighted by atomic mass is 9.98. The standard InChI is InChI=1S/C17H19NO3/c1-11(18(2)3)12-5-4-6-13(7-12)14-8-15(17(20)21)10-16(19)9-14/h4-11,19H,1-3H3,(H,20,21). The highest BCUT2D eigenvalue weighted by atomic mass is 16.4. The summed E-state index contributed by atoms with van der Waals surface area (Å²) in [5.74, 6) is -1.10. The Kier molecular flexibility index (Phi) is 4.29. The van der Waals surface area contributed by atoms with Gasteiger partial charge in [0.2, 0.25) is 0 Å². The summed E-state index contributed by atoms with van der Waals surface area (Å²) < 4.78 is 0. The highest BCUT2D eigenvalue weighted by molar-refractivity contribution is 5.90. The Hall–Kier alpha value is -2.33. The maximum absolute atomic E-state index is 11.1. The van der Waals surface area contributed by atoms with Crippen LogP contribution in [0, 0.1) is 0 Å². The van der Waals surface area contributed by atoms with E-state index in [1.54, 1.807) is 12.1 Å². The monoisotopic (exact) mass is 285 g/mol. The molecule has 1 atom stereocenters. The molecule has 2 aromatic rings. The van der Waals surface area contributed by atoms with E-state index in [0.29, 0.717) is 5.56 Å². The maximum atomic E-state index is 11.1. The van der Waals surface area contributed by atoms with E-state index in [-0.39, 0.29) is 17.4 Å². The zero-order chi connectivity index (χ0) is 15.6. The Morgan fingerprint density at radius 1 is 1.10 bits per heavy atom. The van der Waals surface area contributed by atoms with Crippen molar-refractivity contribution < 1.29 is 15.0 Å². The van der Waals surface area contributed by atoms with Crippen LogP contribution in [0.2, 0.25) is 0 Å². The van der Waals surface area contributed by atoms with Gasteiger partial charge < -0.3 is 15.1 Å². The first-order chi connectivity index (χ1) is 9.88. The molecule has 1 unspecified atom stereocenters. The molecule has 0 aliphatic heterocycles. The molecule has 21 heavy (non-hydrogen) atoms. The number of hydrogen-bond acceptors (Lipinski definition) is 3. The summed E-state index contributed by atoms with van der Waals surface area (Å²) in [6, 6.07) is 12.5. The number of hydrogen-bond donors (Lipinski definition) is 2. The fourth-order valence-electron chi connectivity index (χ4n) is 2.18. The van der Waals surface area contributed by atoms with Crippen molar-refractivity contribution in [3.05, 3.63) is 53.6 Å². The van der Waals surface area contributed by atoms with Crippen molar-refractivity contribution in [3.63, 3.8) is 0 Å². The average Bonchev–Trinajstić information content (AvgIpc) is 2.45. The maximum Gasteiger partial charge on any atom is 0.335 e. The van der Waals surface area contributed by atoms with E-state index in [9.17, 15) is 9.90 Å². The summed E-state index contributed by atoms with van der Waals surface area (Å²) in [6.45, 7) is 2.10. The number of nitrogens with zero attached hydrogens (tertiary/aromatic N) is 1. The summed E-state index contributed by atoms with van der Waals surface area (Å²) in [7, 11) is 4.02. The minimum Gasteiger partial charge on any atom is -0.508 e. The van der Waals surface area contributed by atoms with Crippen molar-refractivity contribution in [1.82, 2.24) is 4.90 Å². The molecule has 0 fully saturated rings. The van der Waals surface area contributed by atoms with Crippen molar-refractivity contribution in [3.8, 4) is 16.9 Å². The third-order valence-electron chi connectivity index (χ3n) is 3.64. The van der Waals surface area contributed by atoms with E-state index < -0.39 is 5.97 Å².